The van der Waals surface area contributed by atoms with Gasteiger partial charge in [-0.25, -0.2) is 0 Å². The summed E-state index contributed by atoms with van der Waals surface area (Å²) in [4.78, 5) is 0. The van der Waals surface area contributed by atoms with Gasteiger partial charge in [0.1, 0.15) is 0 Å². The molecule has 4 heteroatoms. The van der Waals surface area contributed by atoms with Crippen molar-refractivity contribution < 1.29 is 0 Å². The Labute approximate surface area is 246 Å². The number of nitrogens with zero attached hydrogens (tertiary/aromatic N) is 2. The molecular formula is C38H34BN3. The second-order valence-electron chi connectivity index (χ2n) is 12.3. The average Bonchev–Trinajstić information content (AvgIpc) is 3.55. The van der Waals surface area contributed by atoms with E-state index in [4.69, 9.17) is 5.73 Å². The van der Waals surface area contributed by atoms with Crippen molar-refractivity contribution in [1.82, 2.24) is 9.13 Å². The summed E-state index contributed by atoms with van der Waals surface area (Å²) in [6.45, 7) is 1.04. The van der Waals surface area contributed by atoms with Crippen molar-refractivity contribution >= 4 is 66.7 Å². The topological polar surface area (TPSA) is 35.9 Å². The van der Waals surface area contributed by atoms with Crippen LogP contribution in [0.4, 0.5) is 0 Å². The van der Waals surface area contributed by atoms with Gasteiger partial charge >= 0.3 is 0 Å². The largest absolute Gasteiger partial charge is 0.330 e. The lowest BCUT2D eigenvalue weighted by Gasteiger charge is -2.33. The number of rotatable bonds is 8. The van der Waals surface area contributed by atoms with Gasteiger partial charge in [-0.2, -0.15) is 0 Å². The van der Waals surface area contributed by atoms with Gasteiger partial charge in [-0.3, -0.25) is 0 Å². The van der Waals surface area contributed by atoms with Crippen LogP contribution in [0.5, 0.6) is 0 Å². The van der Waals surface area contributed by atoms with Crippen LogP contribution in [-0.4, -0.2) is 22.4 Å². The third-order valence-electron chi connectivity index (χ3n) is 9.98. The van der Waals surface area contributed by atoms with Gasteiger partial charge < -0.3 is 14.9 Å². The monoisotopic (exact) mass is 543 g/mol. The molecular weight excluding hydrogens is 509 g/mol. The van der Waals surface area contributed by atoms with Gasteiger partial charge in [-0.05, 0) is 78.1 Å². The smallest absolute Gasteiger partial charge is 0.252 e. The highest BCUT2D eigenvalue weighted by atomic mass is 15.0. The SMILES string of the molecule is NCCCCCCCCc1ccc2c(c1)c1cccc3c1n2-c1cccc2c1B3c1cccc3c4ccccc4n-2c13. The Hall–Kier alpha value is -4.28. The lowest BCUT2D eigenvalue weighted by atomic mass is 9.34. The standard InChI is InChI=1S/C38H34BN3/c40-23-8-4-2-1-3-5-12-25-21-22-33-29(24-25)28-15-10-17-31-38(28)42(33)35-20-11-19-34-36(35)39(31)30-16-9-14-27-26-13-6-7-18-32(26)41(34)37(27)30/h6-7,9-11,13-22,24H,1-5,8,12,23,40H2. The summed E-state index contributed by atoms with van der Waals surface area (Å²) in [6.07, 6.45) is 8.75. The minimum atomic E-state index is 0.218. The van der Waals surface area contributed by atoms with E-state index in [2.05, 4.69) is 106 Å². The first-order valence-corrected chi connectivity index (χ1v) is 15.8. The summed E-state index contributed by atoms with van der Waals surface area (Å²) < 4.78 is 5.09. The van der Waals surface area contributed by atoms with E-state index >= 15 is 0 Å². The number of hydrogen-bond acceptors (Lipinski definition) is 1. The molecule has 9 rings (SSSR count). The number of hydrogen-bond donors (Lipinski definition) is 1. The molecule has 2 N–H and O–H groups in total. The van der Waals surface area contributed by atoms with E-state index in [1.54, 1.807) is 0 Å². The van der Waals surface area contributed by atoms with Gasteiger partial charge in [0.25, 0.3) is 6.71 Å². The molecule has 0 saturated carbocycles. The minimum Gasteiger partial charge on any atom is -0.330 e. The van der Waals surface area contributed by atoms with Crippen LogP contribution >= 0.6 is 0 Å². The number of nitrogens with two attached hydrogens (primary N) is 1. The van der Waals surface area contributed by atoms with Crippen LogP contribution in [0.25, 0.3) is 55.0 Å². The molecule has 4 heterocycles. The molecule has 42 heavy (non-hydrogen) atoms. The number of fused-ring (bicyclic) bond motifs is 10. The number of para-hydroxylation sites is 3. The Kier molecular flexibility index (Phi) is 5.43. The molecule has 0 spiro atoms. The van der Waals surface area contributed by atoms with Crippen LogP contribution < -0.4 is 22.1 Å². The van der Waals surface area contributed by atoms with E-state index in [-0.39, 0.29) is 6.71 Å². The first-order chi connectivity index (χ1) is 20.8. The van der Waals surface area contributed by atoms with E-state index in [9.17, 15) is 0 Å². The average molecular weight is 544 g/mol. The van der Waals surface area contributed by atoms with Crippen LogP contribution in [-0.2, 0) is 6.42 Å². The maximum atomic E-state index is 5.66. The summed E-state index contributed by atoms with van der Waals surface area (Å²) >= 11 is 0. The fraction of sp³-hybridized carbons (Fsp3) is 0.211. The Morgan fingerprint density at radius 2 is 1.12 bits per heavy atom. The third-order valence-corrected chi connectivity index (χ3v) is 9.98. The summed E-state index contributed by atoms with van der Waals surface area (Å²) in [5.74, 6) is 0. The second kappa shape index (κ2) is 9.37. The molecule has 7 aromatic rings. The molecule has 0 saturated heterocycles. The molecule has 2 aliphatic rings. The number of unbranched alkanes of at least 4 members (excludes halogenated alkanes) is 5. The van der Waals surface area contributed by atoms with Crippen molar-refractivity contribution in [3.05, 3.63) is 103 Å². The van der Waals surface area contributed by atoms with Crippen molar-refractivity contribution in [1.29, 1.82) is 0 Å². The highest BCUT2D eigenvalue weighted by Gasteiger charge is 2.40. The van der Waals surface area contributed by atoms with Gasteiger partial charge in [0.05, 0.1) is 11.0 Å². The third kappa shape index (κ3) is 3.27. The van der Waals surface area contributed by atoms with E-state index in [1.165, 1.54) is 109 Å². The van der Waals surface area contributed by atoms with Crippen molar-refractivity contribution in [2.24, 2.45) is 5.73 Å². The Morgan fingerprint density at radius 1 is 0.524 bits per heavy atom. The van der Waals surface area contributed by atoms with E-state index < -0.39 is 0 Å². The molecule has 204 valence electrons. The van der Waals surface area contributed by atoms with Crippen LogP contribution in [0.3, 0.4) is 0 Å². The Balaban J connectivity index is 1.22. The van der Waals surface area contributed by atoms with Crippen molar-refractivity contribution in [2.75, 3.05) is 6.54 Å². The molecule has 5 aromatic carbocycles. The number of aromatic nitrogens is 2. The first kappa shape index (κ1) is 24.3. The molecule has 3 nitrogen and oxygen atoms in total. The zero-order chi connectivity index (χ0) is 27.8. The van der Waals surface area contributed by atoms with Crippen LogP contribution in [0.2, 0.25) is 0 Å². The van der Waals surface area contributed by atoms with Gasteiger partial charge in [-0.15, -0.1) is 0 Å². The zero-order valence-electron chi connectivity index (χ0n) is 23.9. The molecule has 0 bridgehead atoms. The van der Waals surface area contributed by atoms with Crippen molar-refractivity contribution in [2.45, 2.75) is 44.9 Å². The molecule has 0 atom stereocenters. The maximum Gasteiger partial charge on any atom is 0.252 e. The molecule has 0 aliphatic carbocycles. The normalized spacial score (nSPS) is 13.1. The van der Waals surface area contributed by atoms with Crippen molar-refractivity contribution in [3.8, 4) is 11.4 Å². The number of aryl methyl sites for hydroxylation is 1. The minimum absolute atomic E-state index is 0.218. The van der Waals surface area contributed by atoms with Gasteiger partial charge in [0.2, 0.25) is 0 Å². The zero-order valence-corrected chi connectivity index (χ0v) is 23.9. The summed E-state index contributed by atoms with van der Waals surface area (Å²) in [5.41, 5.74) is 19.4. The van der Waals surface area contributed by atoms with Gasteiger partial charge in [-0.1, -0.05) is 92.4 Å². The maximum absolute atomic E-state index is 5.66. The predicted molar refractivity (Wildman–Crippen MR) is 180 cm³/mol. The fourth-order valence-electron chi connectivity index (χ4n) is 8.20. The quantitative estimate of drug-likeness (QED) is 0.165. The summed E-state index contributed by atoms with van der Waals surface area (Å²) in [7, 11) is 0. The Bertz CT molecular complexity index is 2180. The van der Waals surface area contributed by atoms with E-state index in [0.29, 0.717) is 0 Å². The highest BCUT2D eigenvalue weighted by Crippen LogP contribution is 2.38. The lowest BCUT2D eigenvalue weighted by Crippen LogP contribution is -2.59. The number of benzene rings is 5. The fourth-order valence-corrected chi connectivity index (χ4v) is 8.20. The first-order valence-electron chi connectivity index (χ1n) is 15.8. The Morgan fingerprint density at radius 3 is 1.86 bits per heavy atom. The molecule has 2 aliphatic heterocycles. The van der Waals surface area contributed by atoms with Crippen LogP contribution in [0.15, 0.2) is 97.1 Å². The lowest BCUT2D eigenvalue weighted by molar-refractivity contribution is 0.597. The summed E-state index contributed by atoms with van der Waals surface area (Å²) in [5, 5.41) is 5.44. The molecule has 2 aromatic heterocycles. The summed E-state index contributed by atoms with van der Waals surface area (Å²) in [6, 6.07) is 37.0. The second-order valence-corrected chi connectivity index (χ2v) is 12.3. The van der Waals surface area contributed by atoms with E-state index in [0.717, 1.165) is 19.4 Å². The highest BCUT2D eigenvalue weighted by molar-refractivity contribution is 7.00. The van der Waals surface area contributed by atoms with Crippen molar-refractivity contribution in [3.63, 3.8) is 0 Å². The van der Waals surface area contributed by atoms with E-state index in [1.807, 2.05) is 0 Å². The predicted octanol–water partition coefficient (Wildman–Crippen LogP) is 6.87. The molecule has 0 unspecified atom stereocenters. The van der Waals surface area contributed by atoms with Gasteiger partial charge in [0, 0.05) is 44.0 Å². The van der Waals surface area contributed by atoms with Crippen LogP contribution in [0, 0.1) is 0 Å². The van der Waals surface area contributed by atoms with Crippen LogP contribution in [0.1, 0.15) is 44.1 Å². The molecule has 0 amide bonds. The molecule has 0 fully saturated rings. The molecule has 0 radical (unpaired) electrons. The van der Waals surface area contributed by atoms with Gasteiger partial charge in [0.15, 0.2) is 0 Å².